The Morgan fingerprint density at radius 1 is 1.20 bits per heavy atom. The van der Waals surface area contributed by atoms with Crippen molar-refractivity contribution >= 4 is 33.4 Å². The highest BCUT2D eigenvalue weighted by Gasteiger charge is 2.14. The first kappa shape index (κ1) is 19.3. The Bertz CT molecular complexity index is 878. The number of rotatable bonds is 6. The highest BCUT2D eigenvalue weighted by Crippen LogP contribution is 2.25. The molecular formula is C17H20N2O4S2. The SMILES string of the molecule is COc1ccc(SCC(=O)Nc2cc(S(N)(=O)=O)cc(C)c2C)cc1. The fourth-order valence-electron chi connectivity index (χ4n) is 2.13. The number of hydrogen-bond donors (Lipinski definition) is 2. The first-order valence-electron chi connectivity index (χ1n) is 7.41. The van der Waals surface area contributed by atoms with Crippen LogP contribution in [0.15, 0.2) is 46.2 Å². The fraction of sp³-hybridized carbons (Fsp3) is 0.235. The summed E-state index contributed by atoms with van der Waals surface area (Å²) in [5.74, 6) is 0.722. The number of carbonyl (C=O) groups excluding carboxylic acids is 1. The van der Waals surface area contributed by atoms with Crippen molar-refractivity contribution in [2.45, 2.75) is 23.6 Å². The van der Waals surface area contributed by atoms with Gasteiger partial charge < -0.3 is 10.1 Å². The van der Waals surface area contributed by atoms with E-state index in [2.05, 4.69) is 5.32 Å². The number of thioether (sulfide) groups is 1. The molecule has 8 heteroatoms. The van der Waals surface area contributed by atoms with E-state index in [-0.39, 0.29) is 16.6 Å². The summed E-state index contributed by atoms with van der Waals surface area (Å²) in [4.78, 5) is 13.1. The molecule has 0 fully saturated rings. The number of ether oxygens (including phenoxy) is 1. The molecule has 0 spiro atoms. The number of carbonyl (C=O) groups is 1. The van der Waals surface area contributed by atoms with Crippen molar-refractivity contribution < 1.29 is 17.9 Å². The quantitative estimate of drug-likeness (QED) is 0.751. The Hall–Kier alpha value is -2.03. The van der Waals surface area contributed by atoms with E-state index in [0.29, 0.717) is 5.69 Å². The second kappa shape index (κ2) is 7.90. The van der Waals surface area contributed by atoms with Crippen LogP contribution in [-0.4, -0.2) is 27.2 Å². The van der Waals surface area contributed by atoms with E-state index in [4.69, 9.17) is 9.88 Å². The molecule has 0 saturated heterocycles. The molecule has 6 nitrogen and oxygen atoms in total. The van der Waals surface area contributed by atoms with Gasteiger partial charge in [0.2, 0.25) is 15.9 Å². The summed E-state index contributed by atoms with van der Waals surface area (Å²) in [5.41, 5.74) is 1.99. The minimum Gasteiger partial charge on any atom is -0.497 e. The van der Waals surface area contributed by atoms with E-state index < -0.39 is 10.0 Å². The van der Waals surface area contributed by atoms with Crippen LogP contribution in [0.25, 0.3) is 0 Å². The molecule has 2 aromatic rings. The van der Waals surface area contributed by atoms with Gasteiger partial charge in [-0.3, -0.25) is 4.79 Å². The predicted molar refractivity (Wildman–Crippen MR) is 99.6 cm³/mol. The number of primary sulfonamides is 1. The zero-order valence-corrected chi connectivity index (χ0v) is 15.8. The Morgan fingerprint density at radius 3 is 2.40 bits per heavy atom. The average molecular weight is 380 g/mol. The summed E-state index contributed by atoms with van der Waals surface area (Å²) in [7, 11) is -2.24. The number of amides is 1. The maximum Gasteiger partial charge on any atom is 0.238 e. The maximum absolute atomic E-state index is 12.2. The summed E-state index contributed by atoms with van der Waals surface area (Å²) < 4.78 is 28.2. The van der Waals surface area contributed by atoms with Gasteiger partial charge in [0.15, 0.2) is 0 Å². The molecule has 0 aliphatic carbocycles. The lowest BCUT2D eigenvalue weighted by molar-refractivity contribution is -0.113. The Morgan fingerprint density at radius 2 is 1.84 bits per heavy atom. The zero-order valence-electron chi connectivity index (χ0n) is 14.2. The van der Waals surface area contributed by atoms with E-state index >= 15 is 0 Å². The molecule has 0 radical (unpaired) electrons. The highest BCUT2D eigenvalue weighted by atomic mass is 32.2. The van der Waals surface area contributed by atoms with Gasteiger partial charge in [-0.05, 0) is 61.4 Å². The van der Waals surface area contributed by atoms with Crippen LogP contribution in [0.5, 0.6) is 5.75 Å². The van der Waals surface area contributed by atoms with Crippen LogP contribution in [-0.2, 0) is 14.8 Å². The topological polar surface area (TPSA) is 98.5 Å². The maximum atomic E-state index is 12.2. The van der Waals surface area contributed by atoms with Crippen LogP contribution in [0.4, 0.5) is 5.69 Å². The molecular weight excluding hydrogens is 360 g/mol. The first-order valence-corrected chi connectivity index (χ1v) is 9.94. The van der Waals surface area contributed by atoms with Gasteiger partial charge in [0, 0.05) is 10.6 Å². The lowest BCUT2D eigenvalue weighted by Crippen LogP contribution is -2.17. The van der Waals surface area contributed by atoms with Crippen LogP contribution in [0.2, 0.25) is 0 Å². The number of methoxy groups -OCH3 is 1. The van der Waals surface area contributed by atoms with Gasteiger partial charge in [0.05, 0.1) is 17.8 Å². The predicted octanol–water partition coefficient (Wildman–Crippen LogP) is 2.69. The van der Waals surface area contributed by atoms with Crippen molar-refractivity contribution in [1.82, 2.24) is 0 Å². The molecule has 134 valence electrons. The largest absolute Gasteiger partial charge is 0.497 e. The van der Waals surface area contributed by atoms with E-state index in [9.17, 15) is 13.2 Å². The van der Waals surface area contributed by atoms with Crippen molar-refractivity contribution in [2.75, 3.05) is 18.2 Å². The average Bonchev–Trinajstić information content (AvgIpc) is 2.56. The smallest absolute Gasteiger partial charge is 0.238 e. The minimum absolute atomic E-state index is 0.0197. The van der Waals surface area contributed by atoms with Gasteiger partial charge in [0.25, 0.3) is 0 Å². The third-order valence-corrected chi connectivity index (χ3v) is 5.58. The van der Waals surface area contributed by atoms with Crippen molar-refractivity contribution in [3.8, 4) is 5.75 Å². The Kier molecular flexibility index (Phi) is 6.10. The normalized spacial score (nSPS) is 11.2. The molecule has 0 aromatic heterocycles. The van der Waals surface area contributed by atoms with Crippen molar-refractivity contribution in [3.63, 3.8) is 0 Å². The Labute approximate surface area is 151 Å². The Balaban J connectivity index is 2.08. The molecule has 0 unspecified atom stereocenters. The third-order valence-electron chi connectivity index (χ3n) is 3.67. The second-order valence-electron chi connectivity index (χ2n) is 5.47. The van der Waals surface area contributed by atoms with Gasteiger partial charge in [-0.25, -0.2) is 13.6 Å². The lowest BCUT2D eigenvalue weighted by atomic mass is 10.1. The fourth-order valence-corrected chi connectivity index (χ4v) is 3.45. The van der Waals surface area contributed by atoms with E-state index in [1.807, 2.05) is 31.2 Å². The third kappa shape index (κ3) is 5.22. The lowest BCUT2D eigenvalue weighted by Gasteiger charge is -2.12. The molecule has 0 bridgehead atoms. The van der Waals surface area contributed by atoms with Crippen LogP contribution in [0.3, 0.4) is 0 Å². The monoisotopic (exact) mass is 380 g/mol. The standard InChI is InChI=1S/C17H20N2O4S2/c1-11-8-15(25(18,21)22)9-16(12(11)2)19-17(20)10-24-14-6-4-13(23-3)5-7-14/h4-9H,10H2,1-3H3,(H,19,20)(H2,18,21,22). The van der Waals surface area contributed by atoms with Crippen LogP contribution in [0, 0.1) is 13.8 Å². The van der Waals surface area contributed by atoms with E-state index in [1.54, 1.807) is 14.0 Å². The van der Waals surface area contributed by atoms with Crippen LogP contribution in [0.1, 0.15) is 11.1 Å². The van der Waals surface area contributed by atoms with Gasteiger partial charge in [-0.2, -0.15) is 0 Å². The van der Waals surface area contributed by atoms with E-state index in [0.717, 1.165) is 21.8 Å². The van der Waals surface area contributed by atoms with Gasteiger partial charge >= 0.3 is 0 Å². The molecule has 0 aliphatic rings. The second-order valence-corrected chi connectivity index (χ2v) is 8.08. The molecule has 0 atom stereocenters. The highest BCUT2D eigenvalue weighted by molar-refractivity contribution is 8.00. The minimum atomic E-state index is -3.83. The summed E-state index contributed by atoms with van der Waals surface area (Å²) in [6, 6.07) is 10.3. The molecule has 3 N–H and O–H groups in total. The van der Waals surface area contributed by atoms with Gasteiger partial charge in [-0.1, -0.05) is 0 Å². The van der Waals surface area contributed by atoms with Crippen molar-refractivity contribution in [1.29, 1.82) is 0 Å². The van der Waals surface area contributed by atoms with E-state index in [1.165, 1.54) is 23.9 Å². The number of nitrogens with two attached hydrogens (primary N) is 1. The molecule has 0 saturated carbocycles. The summed E-state index contributed by atoms with van der Waals surface area (Å²) in [6.45, 7) is 3.58. The molecule has 2 aromatic carbocycles. The molecule has 0 heterocycles. The summed E-state index contributed by atoms with van der Waals surface area (Å²) in [5, 5.41) is 7.93. The van der Waals surface area contributed by atoms with Gasteiger partial charge in [-0.15, -0.1) is 11.8 Å². The zero-order chi connectivity index (χ0) is 18.6. The molecule has 1 amide bonds. The number of aryl methyl sites for hydroxylation is 1. The first-order chi connectivity index (χ1) is 11.7. The summed E-state index contributed by atoms with van der Waals surface area (Å²) in [6.07, 6.45) is 0. The number of nitrogens with one attached hydrogen (secondary N) is 1. The molecule has 2 rings (SSSR count). The molecule has 25 heavy (non-hydrogen) atoms. The number of hydrogen-bond acceptors (Lipinski definition) is 5. The number of benzene rings is 2. The van der Waals surface area contributed by atoms with Crippen LogP contribution >= 0.6 is 11.8 Å². The van der Waals surface area contributed by atoms with Crippen LogP contribution < -0.4 is 15.2 Å². The molecule has 0 aliphatic heterocycles. The van der Waals surface area contributed by atoms with Gasteiger partial charge in [0.1, 0.15) is 5.75 Å². The van der Waals surface area contributed by atoms with Crippen molar-refractivity contribution in [3.05, 3.63) is 47.5 Å². The summed E-state index contributed by atoms with van der Waals surface area (Å²) >= 11 is 1.38. The number of anilines is 1. The number of sulfonamides is 1. The van der Waals surface area contributed by atoms with Crippen molar-refractivity contribution in [2.24, 2.45) is 5.14 Å².